The predicted molar refractivity (Wildman–Crippen MR) is 122 cm³/mol. The summed E-state index contributed by atoms with van der Waals surface area (Å²) in [7, 11) is 0. The Bertz CT molecular complexity index is 1150. The molecule has 1 aromatic heterocycles. The second kappa shape index (κ2) is 7.88. The summed E-state index contributed by atoms with van der Waals surface area (Å²) in [4.78, 5) is 34.2. The van der Waals surface area contributed by atoms with Gasteiger partial charge in [-0.05, 0) is 36.1 Å². The van der Waals surface area contributed by atoms with Crippen LogP contribution in [0.15, 0.2) is 48.5 Å². The monoisotopic (exact) mass is 415 g/mol. The lowest BCUT2D eigenvalue weighted by molar-refractivity contribution is -0.158. The van der Waals surface area contributed by atoms with Gasteiger partial charge in [0.15, 0.2) is 0 Å². The molecule has 3 aromatic rings. The molecule has 2 aliphatic heterocycles. The first kappa shape index (κ1) is 19.9. The molecule has 2 atom stereocenters. The number of carbonyl (C=O) groups excluding carboxylic acids is 2. The highest BCUT2D eigenvalue weighted by molar-refractivity contribution is 5.97. The van der Waals surface area contributed by atoms with Crippen molar-refractivity contribution in [1.29, 1.82) is 0 Å². The number of H-pyrrole nitrogens is 1. The van der Waals surface area contributed by atoms with Gasteiger partial charge in [-0.2, -0.15) is 0 Å². The molecule has 160 valence electrons. The van der Waals surface area contributed by atoms with Gasteiger partial charge in [0.2, 0.25) is 11.8 Å². The average molecular weight is 416 g/mol. The van der Waals surface area contributed by atoms with Crippen molar-refractivity contribution in [3.63, 3.8) is 0 Å². The fourth-order valence-electron chi connectivity index (χ4n) is 5.28. The number of rotatable bonds is 5. The Balaban J connectivity index is 1.63. The van der Waals surface area contributed by atoms with Crippen molar-refractivity contribution in [3.8, 4) is 0 Å². The number of piperazine rings is 1. The van der Waals surface area contributed by atoms with E-state index in [2.05, 4.69) is 43.1 Å². The van der Waals surface area contributed by atoms with Gasteiger partial charge in [-0.25, -0.2) is 0 Å². The number of aromatic nitrogens is 1. The predicted octanol–water partition coefficient (Wildman–Crippen LogP) is 4.35. The van der Waals surface area contributed by atoms with Gasteiger partial charge in [0, 0.05) is 29.6 Å². The summed E-state index contributed by atoms with van der Waals surface area (Å²) in [6, 6.07) is 15.7. The number of fused-ring (bicyclic) bond motifs is 4. The molecule has 2 aliphatic rings. The largest absolute Gasteiger partial charge is 0.356 e. The lowest BCUT2D eigenvalue weighted by Gasteiger charge is -2.47. The highest BCUT2D eigenvalue weighted by Crippen LogP contribution is 2.43. The van der Waals surface area contributed by atoms with Crippen molar-refractivity contribution >= 4 is 22.7 Å². The Morgan fingerprint density at radius 3 is 2.61 bits per heavy atom. The summed E-state index contributed by atoms with van der Waals surface area (Å²) in [6.45, 7) is 5.07. The normalized spacial score (nSPS) is 20.8. The Hall–Kier alpha value is -3.08. The summed E-state index contributed by atoms with van der Waals surface area (Å²) in [5.41, 5.74) is 5.49. The first-order valence-electron chi connectivity index (χ1n) is 11.3. The molecular weight excluding hydrogens is 386 g/mol. The second-order valence-corrected chi connectivity index (χ2v) is 8.81. The fourth-order valence-corrected chi connectivity index (χ4v) is 5.28. The number of hydrogen-bond acceptors (Lipinski definition) is 2. The smallest absolute Gasteiger partial charge is 0.246 e. The Morgan fingerprint density at radius 1 is 1.03 bits per heavy atom. The minimum Gasteiger partial charge on any atom is -0.356 e. The molecule has 0 aliphatic carbocycles. The molecule has 5 rings (SSSR count). The summed E-state index contributed by atoms with van der Waals surface area (Å²) >= 11 is 0. The summed E-state index contributed by atoms with van der Waals surface area (Å²) in [5.74, 6) is 0.129. The van der Waals surface area contributed by atoms with Crippen LogP contribution in [-0.4, -0.2) is 45.7 Å². The van der Waals surface area contributed by atoms with Crippen LogP contribution in [0.4, 0.5) is 0 Å². The first-order valence-corrected chi connectivity index (χ1v) is 11.3. The second-order valence-electron chi connectivity index (χ2n) is 8.81. The highest BCUT2D eigenvalue weighted by Gasteiger charge is 2.48. The van der Waals surface area contributed by atoms with Gasteiger partial charge in [0.1, 0.15) is 6.04 Å². The van der Waals surface area contributed by atoms with E-state index in [1.54, 1.807) is 4.90 Å². The number of nitrogens with zero attached hydrogens (tertiary/aromatic N) is 2. The molecular formula is C26H29N3O2. The number of aryl methyl sites for hydroxylation is 1. The molecule has 0 spiro atoms. The third-order valence-electron chi connectivity index (χ3n) is 6.86. The lowest BCUT2D eigenvalue weighted by Crippen LogP contribution is -2.63. The third kappa shape index (κ3) is 3.23. The molecule has 1 fully saturated rings. The maximum atomic E-state index is 13.6. The van der Waals surface area contributed by atoms with Gasteiger partial charge in [0.25, 0.3) is 0 Å². The van der Waals surface area contributed by atoms with E-state index in [1.807, 2.05) is 29.2 Å². The third-order valence-corrected chi connectivity index (χ3v) is 6.86. The Morgan fingerprint density at radius 2 is 1.81 bits per heavy atom. The Kier molecular flexibility index (Phi) is 5.05. The molecule has 3 heterocycles. The van der Waals surface area contributed by atoms with Crippen LogP contribution in [0.2, 0.25) is 0 Å². The summed E-state index contributed by atoms with van der Waals surface area (Å²) < 4.78 is 0. The van der Waals surface area contributed by atoms with Gasteiger partial charge >= 0.3 is 0 Å². The van der Waals surface area contributed by atoms with Gasteiger partial charge in [-0.15, -0.1) is 0 Å². The number of aromatic amines is 1. The summed E-state index contributed by atoms with van der Waals surface area (Å²) in [6.07, 6.45) is 3.68. The number of unbranched alkanes of at least 4 members (excludes halogenated alkanes) is 2. The van der Waals surface area contributed by atoms with Gasteiger partial charge in [0.05, 0.1) is 12.6 Å². The van der Waals surface area contributed by atoms with Gasteiger partial charge in [-0.3, -0.25) is 9.59 Å². The SMILES string of the molecule is CCCCCN1CC(=O)N2[C@H](c3ccccc3C)c3[nH]c4ccccc4c3C[C@H]2C1=O. The topological polar surface area (TPSA) is 56.4 Å². The van der Waals surface area contributed by atoms with Crippen LogP contribution in [0.1, 0.15) is 54.6 Å². The van der Waals surface area contributed by atoms with E-state index in [-0.39, 0.29) is 24.4 Å². The number of benzene rings is 2. The molecule has 5 heteroatoms. The van der Waals surface area contributed by atoms with E-state index in [4.69, 9.17) is 0 Å². The van der Waals surface area contributed by atoms with Crippen molar-refractivity contribution < 1.29 is 9.59 Å². The van der Waals surface area contributed by atoms with Crippen LogP contribution in [-0.2, 0) is 16.0 Å². The molecule has 0 saturated carbocycles. The van der Waals surface area contributed by atoms with Crippen LogP contribution in [0.3, 0.4) is 0 Å². The van der Waals surface area contributed by atoms with Crippen molar-refractivity contribution in [1.82, 2.24) is 14.8 Å². The lowest BCUT2D eigenvalue weighted by atomic mass is 9.85. The standard InChI is InChI=1S/C26H29N3O2/c1-3-4-9-14-28-16-23(30)29-22(26(28)31)15-20-19-12-7-8-13-21(19)27-24(20)25(29)18-11-6-5-10-17(18)2/h5-8,10-13,22,25,27H,3-4,9,14-16H2,1-2H3/t22-,25+/m0/s1. The van der Waals surface area contributed by atoms with E-state index in [9.17, 15) is 9.59 Å². The minimum absolute atomic E-state index is 0.0404. The number of para-hydroxylation sites is 1. The molecule has 2 amide bonds. The van der Waals surface area contributed by atoms with E-state index in [0.29, 0.717) is 13.0 Å². The zero-order valence-electron chi connectivity index (χ0n) is 18.2. The van der Waals surface area contributed by atoms with Crippen LogP contribution in [0.25, 0.3) is 10.9 Å². The number of nitrogens with one attached hydrogen (secondary N) is 1. The van der Waals surface area contributed by atoms with Crippen LogP contribution in [0, 0.1) is 6.92 Å². The van der Waals surface area contributed by atoms with Crippen molar-refractivity contribution in [3.05, 3.63) is 70.9 Å². The molecule has 1 saturated heterocycles. The summed E-state index contributed by atoms with van der Waals surface area (Å²) in [5, 5.41) is 1.15. The zero-order chi connectivity index (χ0) is 21.5. The maximum absolute atomic E-state index is 13.6. The molecule has 2 aromatic carbocycles. The quantitative estimate of drug-likeness (QED) is 0.630. The van der Waals surface area contributed by atoms with Crippen LogP contribution >= 0.6 is 0 Å². The van der Waals surface area contributed by atoms with Crippen molar-refractivity contribution in [2.45, 2.75) is 51.6 Å². The fraction of sp³-hybridized carbons (Fsp3) is 0.385. The van der Waals surface area contributed by atoms with E-state index in [0.717, 1.165) is 47.0 Å². The van der Waals surface area contributed by atoms with Crippen LogP contribution < -0.4 is 0 Å². The maximum Gasteiger partial charge on any atom is 0.246 e. The van der Waals surface area contributed by atoms with E-state index < -0.39 is 6.04 Å². The minimum atomic E-state index is -0.445. The molecule has 1 N–H and O–H groups in total. The van der Waals surface area contributed by atoms with E-state index in [1.165, 1.54) is 5.56 Å². The van der Waals surface area contributed by atoms with Gasteiger partial charge in [-0.1, -0.05) is 62.2 Å². The van der Waals surface area contributed by atoms with Gasteiger partial charge < -0.3 is 14.8 Å². The number of amides is 2. The molecule has 5 nitrogen and oxygen atoms in total. The highest BCUT2D eigenvalue weighted by atomic mass is 16.2. The van der Waals surface area contributed by atoms with E-state index >= 15 is 0 Å². The number of carbonyl (C=O) groups is 2. The molecule has 0 bridgehead atoms. The molecule has 31 heavy (non-hydrogen) atoms. The molecule has 0 unspecified atom stereocenters. The zero-order valence-corrected chi connectivity index (χ0v) is 18.2. The van der Waals surface area contributed by atoms with Crippen molar-refractivity contribution in [2.24, 2.45) is 0 Å². The van der Waals surface area contributed by atoms with Crippen molar-refractivity contribution in [2.75, 3.05) is 13.1 Å². The number of hydrogen-bond donors (Lipinski definition) is 1. The van der Waals surface area contributed by atoms with Crippen LogP contribution in [0.5, 0.6) is 0 Å². The first-order chi connectivity index (χ1) is 15.1. The molecule has 0 radical (unpaired) electrons. The average Bonchev–Trinajstić information content (AvgIpc) is 3.15. The Labute approximate surface area is 183 Å².